The van der Waals surface area contributed by atoms with E-state index in [2.05, 4.69) is 57.6 Å². The SMILES string of the molecule is C=CCc1ccc(OC)c(OC)c1.CC(=O)CCc1ccc(OC(C)=O)cc1.CC[C@H]1CCC[C@H](O[C@H]2CC[C@H](N(C)C)[C@@H](C)O2)[C@@H](C)C(=O)C2=C[C@@H]3[C@@H](C=C[C@@H]4C[C@@H](O[C@@H]5O[C@@H](C)[C@H](OC)[C@@H](OC)[C@H]5OC)C[C@@H]34)[C@@H]2CC(=O)O1. The molecule has 3 heterocycles. The molecule has 0 unspecified atom stereocenters. The molecule has 0 amide bonds. The van der Waals surface area contributed by atoms with Crippen LogP contribution in [0, 0.1) is 35.5 Å². The van der Waals surface area contributed by atoms with E-state index in [1.165, 1.54) is 12.5 Å². The van der Waals surface area contributed by atoms with Crippen molar-refractivity contribution in [2.45, 2.75) is 186 Å². The summed E-state index contributed by atoms with van der Waals surface area (Å²) in [4.78, 5) is 51.8. The third-order valence-corrected chi connectivity index (χ3v) is 17.0. The first-order valence-corrected chi connectivity index (χ1v) is 29.0. The fourth-order valence-electron chi connectivity index (χ4n) is 12.8. The number of aryl methyl sites for hydroxylation is 1. The van der Waals surface area contributed by atoms with Crippen LogP contribution in [0.15, 0.2) is 78.9 Å². The number of likely N-dealkylation sites (N-methyl/N-ethyl adjacent to an activating group) is 1. The minimum atomic E-state index is -0.594. The highest BCUT2D eigenvalue weighted by Gasteiger charge is 2.53. The molecule has 2 aromatic rings. The monoisotopic (exact) mass is 1120 g/mol. The second kappa shape index (κ2) is 31.0. The lowest BCUT2D eigenvalue weighted by Crippen LogP contribution is -2.59. The average Bonchev–Trinajstić information content (AvgIpc) is 4.25. The van der Waals surface area contributed by atoms with Crippen LogP contribution in [0.5, 0.6) is 17.2 Å². The van der Waals surface area contributed by atoms with Gasteiger partial charge in [0.15, 0.2) is 29.9 Å². The summed E-state index contributed by atoms with van der Waals surface area (Å²) in [6, 6.07) is 13.4. The van der Waals surface area contributed by atoms with Gasteiger partial charge in [0.25, 0.3) is 0 Å². The highest BCUT2D eigenvalue weighted by atomic mass is 16.7. The number of Topliss-reactive ketones (excluding diaryl/α,β-unsaturated/α-hetero) is 2. The molecule has 3 aliphatic carbocycles. The Hall–Kier alpha value is -4.78. The van der Waals surface area contributed by atoms with Gasteiger partial charge in [-0.3, -0.25) is 14.4 Å². The summed E-state index contributed by atoms with van der Waals surface area (Å²) in [6.07, 6.45) is 14.8. The van der Waals surface area contributed by atoms with Gasteiger partial charge in [0.2, 0.25) is 0 Å². The van der Waals surface area contributed by atoms with Gasteiger partial charge in [-0.15, -0.1) is 6.58 Å². The van der Waals surface area contributed by atoms with Crippen molar-refractivity contribution in [2.75, 3.05) is 49.6 Å². The second-order valence-electron chi connectivity index (χ2n) is 22.6. The molecular weight excluding hydrogens is 1020 g/mol. The normalized spacial score (nSPS) is 33.1. The minimum absolute atomic E-state index is 0.0380. The zero-order chi connectivity index (χ0) is 58.2. The van der Waals surface area contributed by atoms with Crippen LogP contribution < -0.4 is 14.2 Å². The van der Waals surface area contributed by atoms with Gasteiger partial charge in [-0.25, -0.2) is 0 Å². The number of methoxy groups -OCH3 is 5. The Balaban J connectivity index is 0.000000299. The number of carbonyl (C=O) groups is 4. The zero-order valence-electron chi connectivity index (χ0n) is 49.9. The first-order chi connectivity index (χ1) is 38.4. The molecule has 3 aliphatic heterocycles. The topological polar surface area (TPSA) is 173 Å². The number of ether oxygens (including phenoxy) is 11. The average molecular weight is 1120 g/mol. The maximum absolute atomic E-state index is 14.7. The number of hydrogen-bond acceptors (Lipinski definition) is 16. The van der Waals surface area contributed by atoms with E-state index >= 15 is 0 Å². The second-order valence-corrected chi connectivity index (χ2v) is 22.6. The first-order valence-electron chi connectivity index (χ1n) is 29.0. The van der Waals surface area contributed by atoms with Crippen molar-refractivity contribution < 1.29 is 71.3 Å². The number of hydrogen-bond donors (Lipinski definition) is 0. The van der Waals surface area contributed by atoms with E-state index in [-0.39, 0.29) is 109 Å². The number of esters is 2. The Labute approximate surface area is 476 Å². The third-order valence-electron chi connectivity index (χ3n) is 17.0. The summed E-state index contributed by atoms with van der Waals surface area (Å²) in [5.74, 6) is 1.93. The summed E-state index contributed by atoms with van der Waals surface area (Å²) in [6.45, 7) is 14.8. The number of allylic oxidation sites excluding steroid dienone is 5. The lowest BCUT2D eigenvalue weighted by Gasteiger charge is -2.44. The highest BCUT2D eigenvalue weighted by Crippen LogP contribution is 2.54. The Kier molecular flexibility index (Phi) is 25.0. The number of rotatable bonds is 17. The van der Waals surface area contributed by atoms with Crippen LogP contribution in [-0.4, -0.2) is 146 Å². The van der Waals surface area contributed by atoms with Gasteiger partial charge in [0.1, 0.15) is 35.9 Å². The molecule has 16 nitrogen and oxygen atoms in total. The molecule has 4 fully saturated rings. The van der Waals surface area contributed by atoms with E-state index in [1.807, 2.05) is 50.3 Å². The fourth-order valence-corrected chi connectivity index (χ4v) is 12.8. The van der Waals surface area contributed by atoms with Crippen LogP contribution >= 0.6 is 0 Å². The number of carbonyl (C=O) groups excluding carboxylic acids is 4. The fraction of sp³-hybridized carbons (Fsp3) is 0.656. The van der Waals surface area contributed by atoms with Gasteiger partial charge in [0, 0.05) is 52.6 Å². The smallest absolute Gasteiger partial charge is 0.308 e. The largest absolute Gasteiger partial charge is 0.493 e. The maximum atomic E-state index is 14.7. The van der Waals surface area contributed by atoms with E-state index in [0.29, 0.717) is 30.6 Å². The summed E-state index contributed by atoms with van der Waals surface area (Å²) in [5, 5.41) is 0. The number of nitrogens with zero attached hydrogens (tertiary/aromatic N) is 1. The molecule has 16 heteroatoms. The van der Waals surface area contributed by atoms with E-state index < -0.39 is 12.4 Å². The predicted molar refractivity (Wildman–Crippen MR) is 304 cm³/mol. The lowest BCUT2D eigenvalue weighted by atomic mass is 9.70. The molecular formula is C64H93NO15. The number of ketones is 2. The number of fused-ring (bicyclic) bond motifs is 5. The molecule has 8 rings (SSSR count). The van der Waals surface area contributed by atoms with Crippen LogP contribution in [0.25, 0.3) is 0 Å². The van der Waals surface area contributed by atoms with Gasteiger partial charge in [-0.1, -0.05) is 56.4 Å². The first kappa shape index (κ1) is 64.4. The third kappa shape index (κ3) is 16.9. The molecule has 17 atom stereocenters. The molecule has 3 saturated heterocycles. The van der Waals surface area contributed by atoms with Crippen LogP contribution in [0.3, 0.4) is 0 Å². The van der Waals surface area contributed by atoms with Crippen LogP contribution in [0.4, 0.5) is 0 Å². The Morgan fingerprint density at radius 2 is 1.48 bits per heavy atom. The van der Waals surface area contributed by atoms with E-state index in [0.717, 1.165) is 80.4 Å². The molecule has 0 radical (unpaired) electrons. The zero-order valence-corrected chi connectivity index (χ0v) is 49.9. The van der Waals surface area contributed by atoms with Crippen molar-refractivity contribution in [2.24, 2.45) is 35.5 Å². The molecule has 1 saturated carbocycles. The summed E-state index contributed by atoms with van der Waals surface area (Å²) < 4.78 is 64.7. The van der Waals surface area contributed by atoms with Crippen molar-refractivity contribution in [3.8, 4) is 17.2 Å². The van der Waals surface area contributed by atoms with Gasteiger partial charge in [-0.05, 0) is 164 Å². The Morgan fingerprint density at radius 3 is 2.09 bits per heavy atom. The Morgan fingerprint density at radius 1 is 0.775 bits per heavy atom. The van der Waals surface area contributed by atoms with Crippen molar-refractivity contribution in [1.29, 1.82) is 0 Å². The van der Waals surface area contributed by atoms with Crippen molar-refractivity contribution >= 4 is 23.5 Å². The quantitative estimate of drug-likeness (QED) is 0.0831. The van der Waals surface area contributed by atoms with Gasteiger partial charge in [0.05, 0.1) is 45.1 Å². The van der Waals surface area contributed by atoms with Gasteiger partial charge in [-0.2, -0.15) is 0 Å². The number of cyclic esters (lactones) is 1. The molecule has 444 valence electrons. The predicted octanol–water partition coefficient (Wildman–Crippen LogP) is 10.1. The van der Waals surface area contributed by atoms with E-state index in [1.54, 1.807) is 54.6 Å². The van der Waals surface area contributed by atoms with Crippen LogP contribution in [0.1, 0.15) is 117 Å². The van der Waals surface area contributed by atoms with Crippen molar-refractivity contribution in [1.82, 2.24) is 4.90 Å². The van der Waals surface area contributed by atoms with Gasteiger partial charge >= 0.3 is 11.9 Å². The summed E-state index contributed by atoms with van der Waals surface area (Å²) >= 11 is 0. The summed E-state index contributed by atoms with van der Waals surface area (Å²) in [7, 11) is 12.4. The van der Waals surface area contributed by atoms with Crippen LogP contribution in [0.2, 0.25) is 0 Å². The Bertz CT molecular complexity index is 2390. The lowest BCUT2D eigenvalue weighted by molar-refractivity contribution is -0.314. The molecule has 0 bridgehead atoms. The molecule has 6 aliphatic rings. The standard InChI is InChI=1S/C41H65NO10.C12H14O3.C11H14O2/c1-10-26-12-11-13-34(52-36-17-16-33(42(5)6)23(3)48-36)22(2)37(44)32-20-30-28(31(32)21-35(43)50-26)15-14-25-18-27(19-29(25)30)51-41-40(47-9)39(46-8)38(45-7)24(4)49-41;1-9(13)3-4-11-5-7-12(8-6-11)15-10(2)14;1-4-5-9-6-7-10(12-2)11(8-9)13-3/h14-15,20,22-31,33-34,36,38-41H,10-13,16-19,21H2,1-9H3;5-8H,3-4H2,1-2H3;4,6-8H,1,5H2,2-3H3/t22-,23-,24+,25-,26+,27-,28-,29-,30-,31+,33+,34+,36+,38+,39-,40-,41+;;/m1../s1. The van der Waals surface area contributed by atoms with Gasteiger partial charge < -0.3 is 61.8 Å². The minimum Gasteiger partial charge on any atom is -0.493 e. The molecule has 0 aromatic heterocycles. The van der Waals surface area contributed by atoms with Crippen molar-refractivity contribution in [3.63, 3.8) is 0 Å². The maximum Gasteiger partial charge on any atom is 0.308 e. The van der Waals surface area contributed by atoms with E-state index in [9.17, 15) is 19.2 Å². The molecule has 80 heavy (non-hydrogen) atoms. The molecule has 0 spiro atoms. The van der Waals surface area contributed by atoms with Crippen molar-refractivity contribution in [3.05, 3.63) is 90.0 Å². The van der Waals surface area contributed by atoms with E-state index in [4.69, 9.17) is 52.1 Å². The summed E-state index contributed by atoms with van der Waals surface area (Å²) in [5.41, 5.74) is 3.01. The molecule has 2 aromatic carbocycles. The van der Waals surface area contributed by atoms with Crippen LogP contribution in [-0.2, 0) is 69.9 Å². The highest BCUT2D eigenvalue weighted by molar-refractivity contribution is 5.99. The number of benzene rings is 2. The molecule has 0 N–H and O–H groups in total.